The molecule has 0 aliphatic carbocycles. The molecule has 2 aromatic heterocycles. The Bertz CT molecular complexity index is 714. The maximum absolute atomic E-state index is 12.3. The lowest BCUT2D eigenvalue weighted by atomic mass is 10.1. The van der Waals surface area contributed by atoms with Crippen molar-refractivity contribution >= 4 is 5.91 Å². The van der Waals surface area contributed by atoms with Gasteiger partial charge in [0.2, 0.25) is 5.91 Å². The van der Waals surface area contributed by atoms with Crippen LogP contribution in [0.2, 0.25) is 0 Å². The molecule has 1 N–H and O–H groups in total. The monoisotopic (exact) mass is 339 g/mol. The van der Waals surface area contributed by atoms with Crippen molar-refractivity contribution in [3.05, 3.63) is 30.4 Å². The summed E-state index contributed by atoms with van der Waals surface area (Å²) in [4.78, 5) is 15.5. The van der Waals surface area contributed by atoms with Gasteiger partial charge >= 0.3 is 6.18 Å². The predicted molar refractivity (Wildman–Crippen MR) is 78.8 cm³/mol. The molecule has 1 aliphatic heterocycles. The Morgan fingerprint density at radius 2 is 2.17 bits per heavy atom. The maximum Gasteiger partial charge on any atom is 0.397 e. The maximum atomic E-state index is 12.3. The number of hydrogen-bond donors (Lipinski definition) is 1. The van der Waals surface area contributed by atoms with Crippen LogP contribution in [0, 0.1) is 0 Å². The van der Waals surface area contributed by atoms with E-state index in [1.165, 1.54) is 0 Å². The summed E-state index contributed by atoms with van der Waals surface area (Å²) in [7, 11) is 0. The van der Waals surface area contributed by atoms with Crippen molar-refractivity contribution in [2.45, 2.75) is 44.4 Å². The normalized spacial score (nSPS) is 17.9. The molecule has 0 spiro atoms. The van der Waals surface area contributed by atoms with E-state index in [-0.39, 0.29) is 6.04 Å². The quantitative estimate of drug-likeness (QED) is 0.930. The van der Waals surface area contributed by atoms with E-state index in [0.717, 1.165) is 11.4 Å². The number of aromatic nitrogens is 4. The third-order valence-electron chi connectivity index (χ3n) is 3.89. The van der Waals surface area contributed by atoms with Gasteiger partial charge in [-0.1, -0.05) is 0 Å². The van der Waals surface area contributed by atoms with E-state index in [0.29, 0.717) is 31.6 Å². The highest BCUT2D eigenvalue weighted by Crippen LogP contribution is 2.23. The largest absolute Gasteiger partial charge is 0.397 e. The van der Waals surface area contributed by atoms with E-state index in [4.69, 9.17) is 0 Å². The standard InChI is InChI=1S/C15H16F3N5O/c16-15(17,18)8-13(24)20-11-3-4-12-21-22-14(23(12)7-5-11)10-2-1-6-19-9-10/h1-2,6,9,11H,3-5,7-8H2,(H,20,24). The summed E-state index contributed by atoms with van der Waals surface area (Å²) in [5.74, 6) is 0.458. The zero-order valence-corrected chi connectivity index (χ0v) is 12.8. The van der Waals surface area contributed by atoms with Crippen LogP contribution < -0.4 is 5.32 Å². The Balaban J connectivity index is 1.68. The van der Waals surface area contributed by atoms with Gasteiger partial charge in [-0.05, 0) is 25.0 Å². The Morgan fingerprint density at radius 1 is 1.33 bits per heavy atom. The number of pyridine rings is 1. The molecule has 128 valence electrons. The number of hydrogen-bond acceptors (Lipinski definition) is 4. The first-order chi connectivity index (χ1) is 11.4. The number of carbonyl (C=O) groups is 1. The number of fused-ring (bicyclic) bond motifs is 1. The van der Waals surface area contributed by atoms with Crippen LogP contribution in [0.15, 0.2) is 24.5 Å². The molecule has 0 fully saturated rings. The van der Waals surface area contributed by atoms with E-state index in [1.54, 1.807) is 18.5 Å². The number of alkyl halides is 3. The zero-order valence-electron chi connectivity index (χ0n) is 12.8. The molecule has 9 heteroatoms. The third-order valence-corrected chi connectivity index (χ3v) is 3.89. The lowest BCUT2D eigenvalue weighted by Crippen LogP contribution is -2.37. The van der Waals surface area contributed by atoms with Gasteiger partial charge in [0.05, 0.1) is 0 Å². The van der Waals surface area contributed by atoms with Gasteiger partial charge < -0.3 is 9.88 Å². The zero-order chi connectivity index (χ0) is 17.2. The number of rotatable bonds is 3. The van der Waals surface area contributed by atoms with E-state index < -0.39 is 18.5 Å². The molecular formula is C15H16F3N5O. The molecule has 2 aromatic rings. The van der Waals surface area contributed by atoms with Crippen molar-refractivity contribution in [3.8, 4) is 11.4 Å². The summed E-state index contributed by atoms with van der Waals surface area (Å²) < 4.78 is 38.7. The van der Waals surface area contributed by atoms with Crippen LogP contribution in [-0.2, 0) is 17.8 Å². The number of amides is 1. The number of nitrogens with one attached hydrogen (secondary N) is 1. The van der Waals surface area contributed by atoms with Gasteiger partial charge in [-0.15, -0.1) is 10.2 Å². The summed E-state index contributed by atoms with van der Waals surface area (Å²) in [6, 6.07) is 3.37. The topological polar surface area (TPSA) is 72.7 Å². The second-order valence-corrected chi connectivity index (χ2v) is 5.72. The first-order valence-electron chi connectivity index (χ1n) is 7.61. The van der Waals surface area contributed by atoms with Crippen molar-refractivity contribution in [1.29, 1.82) is 0 Å². The third kappa shape index (κ3) is 3.90. The average molecular weight is 339 g/mol. The first-order valence-corrected chi connectivity index (χ1v) is 7.61. The molecule has 6 nitrogen and oxygen atoms in total. The molecular weight excluding hydrogens is 323 g/mol. The summed E-state index contributed by atoms with van der Waals surface area (Å²) >= 11 is 0. The van der Waals surface area contributed by atoms with Crippen LogP contribution in [0.3, 0.4) is 0 Å². The van der Waals surface area contributed by atoms with Gasteiger partial charge in [0.15, 0.2) is 5.82 Å². The minimum Gasteiger partial charge on any atom is -0.353 e. The van der Waals surface area contributed by atoms with Crippen LogP contribution in [0.5, 0.6) is 0 Å². The second kappa shape index (κ2) is 6.58. The summed E-state index contributed by atoms with van der Waals surface area (Å²) in [5.41, 5.74) is 0.829. The van der Waals surface area contributed by atoms with E-state index in [2.05, 4.69) is 20.5 Å². The van der Waals surface area contributed by atoms with Gasteiger partial charge in [-0.3, -0.25) is 9.78 Å². The highest BCUT2D eigenvalue weighted by Gasteiger charge is 2.32. The van der Waals surface area contributed by atoms with E-state index >= 15 is 0 Å². The molecule has 1 aliphatic rings. The Morgan fingerprint density at radius 3 is 2.88 bits per heavy atom. The number of halogens is 3. The molecule has 0 aromatic carbocycles. The van der Waals surface area contributed by atoms with Crippen LogP contribution in [-0.4, -0.2) is 37.9 Å². The minimum absolute atomic E-state index is 0.303. The molecule has 0 radical (unpaired) electrons. The van der Waals surface area contributed by atoms with Crippen molar-refractivity contribution in [2.24, 2.45) is 0 Å². The average Bonchev–Trinajstić information content (AvgIpc) is 2.82. The van der Waals surface area contributed by atoms with Crippen LogP contribution in [0.25, 0.3) is 11.4 Å². The van der Waals surface area contributed by atoms with Crippen molar-refractivity contribution in [1.82, 2.24) is 25.1 Å². The van der Waals surface area contributed by atoms with Gasteiger partial charge in [-0.2, -0.15) is 13.2 Å². The Kier molecular flexibility index (Phi) is 4.50. The highest BCUT2D eigenvalue weighted by molar-refractivity contribution is 5.76. The fourth-order valence-electron chi connectivity index (χ4n) is 2.80. The Labute approximate surface area is 136 Å². The lowest BCUT2D eigenvalue weighted by molar-refractivity contribution is -0.154. The minimum atomic E-state index is -4.49. The second-order valence-electron chi connectivity index (χ2n) is 5.72. The molecule has 0 saturated carbocycles. The van der Waals surface area contributed by atoms with Gasteiger partial charge in [0.1, 0.15) is 12.2 Å². The van der Waals surface area contributed by atoms with Gasteiger partial charge in [0, 0.05) is 37.0 Å². The fourth-order valence-corrected chi connectivity index (χ4v) is 2.80. The van der Waals surface area contributed by atoms with Gasteiger partial charge in [-0.25, -0.2) is 0 Å². The molecule has 0 saturated heterocycles. The molecule has 1 atom stereocenters. The van der Waals surface area contributed by atoms with Gasteiger partial charge in [0.25, 0.3) is 0 Å². The number of carbonyl (C=O) groups excluding carboxylic acids is 1. The molecule has 1 unspecified atom stereocenters. The predicted octanol–water partition coefficient (Wildman–Crippen LogP) is 2.11. The van der Waals surface area contributed by atoms with Crippen LogP contribution >= 0.6 is 0 Å². The van der Waals surface area contributed by atoms with E-state index in [1.807, 2.05) is 10.6 Å². The van der Waals surface area contributed by atoms with Crippen LogP contribution in [0.4, 0.5) is 13.2 Å². The molecule has 1 amide bonds. The molecule has 3 rings (SSSR count). The van der Waals surface area contributed by atoms with Crippen molar-refractivity contribution < 1.29 is 18.0 Å². The summed E-state index contributed by atoms with van der Waals surface area (Å²) in [6.45, 7) is 0.531. The van der Waals surface area contributed by atoms with Crippen LogP contribution in [0.1, 0.15) is 25.1 Å². The fraction of sp³-hybridized carbons (Fsp3) is 0.467. The summed E-state index contributed by atoms with van der Waals surface area (Å²) in [5, 5.41) is 10.8. The van der Waals surface area contributed by atoms with E-state index in [9.17, 15) is 18.0 Å². The van der Waals surface area contributed by atoms with Crippen molar-refractivity contribution in [3.63, 3.8) is 0 Å². The molecule has 24 heavy (non-hydrogen) atoms. The SMILES string of the molecule is O=C(CC(F)(F)F)NC1CCc2nnc(-c3cccnc3)n2CC1. The van der Waals surface area contributed by atoms with Crippen molar-refractivity contribution in [2.75, 3.05) is 0 Å². The molecule has 3 heterocycles. The number of aryl methyl sites for hydroxylation is 1. The Hall–Kier alpha value is -2.45. The summed E-state index contributed by atoms with van der Waals surface area (Å²) in [6.07, 6.45) is -0.976. The number of nitrogens with zero attached hydrogens (tertiary/aromatic N) is 4. The highest BCUT2D eigenvalue weighted by atomic mass is 19.4. The smallest absolute Gasteiger partial charge is 0.353 e. The first kappa shape index (κ1) is 16.4. The molecule has 0 bridgehead atoms. The lowest BCUT2D eigenvalue weighted by Gasteiger charge is -2.17.